The van der Waals surface area contributed by atoms with Gasteiger partial charge in [0.25, 0.3) is 0 Å². The SMILES string of the molecule is Cc1cccc(F)c1CN(C(=O)CCl)C1CCc2cnn(C)c2C1. The van der Waals surface area contributed by atoms with Gasteiger partial charge in [-0.15, -0.1) is 11.6 Å². The fourth-order valence-corrected chi connectivity index (χ4v) is 3.58. The Morgan fingerprint density at radius 2 is 2.29 bits per heavy atom. The van der Waals surface area contributed by atoms with Crippen LogP contribution in [0.5, 0.6) is 0 Å². The van der Waals surface area contributed by atoms with Gasteiger partial charge in [0.2, 0.25) is 5.91 Å². The zero-order valence-corrected chi connectivity index (χ0v) is 14.7. The number of hydrogen-bond acceptors (Lipinski definition) is 2. The van der Waals surface area contributed by atoms with Gasteiger partial charge in [-0.05, 0) is 37.0 Å². The molecule has 0 N–H and O–H groups in total. The molecule has 128 valence electrons. The normalized spacial score (nSPS) is 16.8. The molecule has 2 aromatic rings. The zero-order chi connectivity index (χ0) is 17.3. The third kappa shape index (κ3) is 3.18. The van der Waals surface area contributed by atoms with Crippen LogP contribution in [0, 0.1) is 12.7 Å². The molecule has 1 aromatic carbocycles. The summed E-state index contributed by atoms with van der Waals surface area (Å²) in [6, 6.07) is 5.00. The predicted molar refractivity (Wildman–Crippen MR) is 91.4 cm³/mol. The van der Waals surface area contributed by atoms with Gasteiger partial charge >= 0.3 is 0 Å². The fourth-order valence-electron chi connectivity index (χ4n) is 3.43. The van der Waals surface area contributed by atoms with Crippen molar-refractivity contribution in [3.63, 3.8) is 0 Å². The molecule has 0 fully saturated rings. The second-order valence-corrected chi connectivity index (χ2v) is 6.59. The molecule has 0 saturated carbocycles. The largest absolute Gasteiger partial charge is 0.334 e. The van der Waals surface area contributed by atoms with Crippen LogP contribution in [0.3, 0.4) is 0 Å². The number of amides is 1. The van der Waals surface area contributed by atoms with E-state index in [0.29, 0.717) is 5.56 Å². The summed E-state index contributed by atoms with van der Waals surface area (Å²) in [4.78, 5) is 14.2. The number of alkyl halides is 1. The summed E-state index contributed by atoms with van der Waals surface area (Å²) < 4.78 is 16.1. The minimum absolute atomic E-state index is 0.0122. The first-order valence-electron chi connectivity index (χ1n) is 8.10. The highest BCUT2D eigenvalue weighted by Gasteiger charge is 2.30. The highest BCUT2D eigenvalue weighted by atomic mass is 35.5. The van der Waals surface area contributed by atoms with Crippen LogP contribution in [0.1, 0.15) is 28.8 Å². The van der Waals surface area contributed by atoms with E-state index in [9.17, 15) is 9.18 Å². The summed E-state index contributed by atoms with van der Waals surface area (Å²) in [5.41, 5.74) is 3.78. The van der Waals surface area contributed by atoms with Crippen LogP contribution in [0.25, 0.3) is 0 Å². The molecule has 1 aliphatic carbocycles. The Hall–Kier alpha value is -1.88. The second-order valence-electron chi connectivity index (χ2n) is 6.33. The lowest BCUT2D eigenvalue weighted by Crippen LogP contribution is -2.44. The number of rotatable bonds is 4. The van der Waals surface area contributed by atoms with Crippen molar-refractivity contribution in [1.29, 1.82) is 0 Å². The van der Waals surface area contributed by atoms with E-state index >= 15 is 0 Å². The molecular weight excluding hydrogens is 329 g/mol. The average Bonchev–Trinajstić information content (AvgIpc) is 2.95. The molecule has 3 rings (SSSR count). The van der Waals surface area contributed by atoms with E-state index in [2.05, 4.69) is 5.10 Å². The molecule has 0 radical (unpaired) electrons. The van der Waals surface area contributed by atoms with Gasteiger partial charge in [0.05, 0.1) is 6.20 Å². The van der Waals surface area contributed by atoms with Crippen molar-refractivity contribution in [2.45, 2.75) is 38.8 Å². The number of carbonyl (C=O) groups is 1. The standard InChI is InChI=1S/C18H21ClFN3O/c1-12-4-3-5-16(20)15(12)11-23(18(24)9-19)14-7-6-13-10-21-22(2)17(13)8-14/h3-5,10,14H,6-9,11H2,1-2H3. The first-order chi connectivity index (χ1) is 11.5. The second kappa shape index (κ2) is 6.93. The molecule has 1 amide bonds. The number of aromatic nitrogens is 2. The van der Waals surface area contributed by atoms with Gasteiger partial charge in [0.15, 0.2) is 0 Å². The lowest BCUT2D eigenvalue weighted by Gasteiger charge is -2.34. The predicted octanol–water partition coefficient (Wildman–Crippen LogP) is 2.99. The Balaban J connectivity index is 1.88. The van der Waals surface area contributed by atoms with Gasteiger partial charge in [-0.1, -0.05) is 12.1 Å². The molecule has 0 aliphatic heterocycles. The molecule has 1 aromatic heterocycles. The van der Waals surface area contributed by atoms with Gasteiger partial charge in [0, 0.05) is 37.3 Å². The van der Waals surface area contributed by atoms with Gasteiger partial charge in [-0.25, -0.2) is 4.39 Å². The monoisotopic (exact) mass is 349 g/mol. The van der Waals surface area contributed by atoms with Crippen molar-refractivity contribution in [2.24, 2.45) is 7.05 Å². The molecule has 1 atom stereocenters. The smallest absolute Gasteiger partial charge is 0.238 e. The van der Waals surface area contributed by atoms with Crippen molar-refractivity contribution in [2.75, 3.05) is 5.88 Å². The highest BCUT2D eigenvalue weighted by Crippen LogP contribution is 2.26. The first kappa shape index (κ1) is 17.0. The Morgan fingerprint density at radius 3 is 3.00 bits per heavy atom. The zero-order valence-electron chi connectivity index (χ0n) is 13.9. The number of halogens is 2. The maximum atomic E-state index is 14.2. The molecule has 1 heterocycles. The molecule has 6 heteroatoms. The van der Waals surface area contributed by atoms with E-state index in [4.69, 9.17) is 11.6 Å². The van der Waals surface area contributed by atoms with Crippen molar-refractivity contribution >= 4 is 17.5 Å². The molecule has 0 spiro atoms. The maximum Gasteiger partial charge on any atom is 0.238 e. The van der Waals surface area contributed by atoms with Crippen LogP contribution in [-0.2, 0) is 31.2 Å². The summed E-state index contributed by atoms with van der Waals surface area (Å²) in [5, 5.41) is 4.30. The van der Waals surface area contributed by atoms with E-state index in [1.165, 1.54) is 11.6 Å². The third-order valence-electron chi connectivity index (χ3n) is 4.88. The lowest BCUT2D eigenvalue weighted by atomic mass is 9.91. The summed E-state index contributed by atoms with van der Waals surface area (Å²) in [6.45, 7) is 2.11. The molecule has 1 unspecified atom stereocenters. The van der Waals surface area contributed by atoms with Crippen LogP contribution in [0.15, 0.2) is 24.4 Å². The summed E-state index contributed by atoms with van der Waals surface area (Å²) in [7, 11) is 1.91. The average molecular weight is 350 g/mol. The van der Waals surface area contributed by atoms with Gasteiger partial charge in [-0.3, -0.25) is 9.48 Å². The van der Waals surface area contributed by atoms with E-state index in [-0.39, 0.29) is 30.2 Å². The van der Waals surface area contributed by atoms with Crippen LogP contribution >= 0.6 is 11.6 Å². The number of carbonyl (C=O) groups excluding carboxylic acids is 1. The molecular formula is C18H21ClFN3O. The van der Waals surface area contributed by atoms with Crippen LogP contribution in [0.2, 0.25) is 0 Å². The number of hydrogen-bond donors (Lipinski definition) is 0. The van der Waals surface area contributed by atoms with Crippen molar-refractivity contribution < 1.29 is 9.18 Å². The van der Waals surface area contributed by atoms with Crippen molar-refractivity contribution in [1.82, 2.24) is 14.7 Å². The summed E-state index contributed by atoms with van der Waals surface area (Å²) in [5.74, 6) is -0.531. The van der Waals surface area contributed by atoms with E-state index in [1.807, 2.05) is 30.9 Å². The van der Waals surface area contributed by atoms with Crippen LogP contribution in [-0.4, -0.2) is 32.5 Å². The van der Waals surface area contributed by atoms with E-state index in [1.54, 1.807) is 11.0 Å². The number of benzene rings is 1. The number of fused-ring (bicyclic) bond motifs is 1. The fraction of sp³-hybridized carbons (Fsp3) is 0.444. The Bertz CT molecular complexity index is 738. The number of aryl methyl sites for hydroxylation is 3. The Morgan fingerprint density at radius 1 is 1.50 bits per heavy atom. The quantitative estimate of drug-likeness (QED) is 0.796. The minimum atomic E-state index is -0.278. The molecule has 1 aliphatic rings. The Kier molecular flexibility index (Phi) is 4.90. The van der Waals surface area contributed by atoms with Gasteiger partial charge in [-0.2, -0.15) is 5.10 Å². The summed E-state index contributed by atoms with van der Waals surface area (Å²) >= 11 is 5.82. The maximum absolute atomic E-state index is 14.2. The molecule has 0 bridgehead atoms. The minimum Gasteiger partial charge on any atom is -0.334 e. The van der Waals surface area contributed by atoms with Gasteiger partial charge < -0.3 is 4.90 Å². The molecule has 24 heavy (non-hydrogen) atoms. The topological polar surface area (TPSA) is 38.1 Å². The van der Waals surface area contributed by atoms with E-state index in [0.717, 1.165) is 30.5 Å². The van der Waals surface area contributed by atoms with Crippen molar-refractivity contribution in [3.8, 4) is 0 Å². The first-order valence-corrected chi connectivity index (χ1v) is 8.64. The van der Waals surface area contributed by atoms with E-state index < -0.39 is 0 Å². The van der Waals surface area contributed by atoms with Gasteiger partial charge in [0.1, 0.15) is 11.7 Å². The van der Waals surface area contributed by atoms with Crippen LogP contribution < -0.4 is 0 Å². The molecule has 0 saturated heterocycles. The molecule has 4 nitrogen and oxygen atoms in total. The van der Waals surface area contributed by atoms with Crippen LogP contribution in [0.4, 0.5) is 4.39 Å². The highest BCUT2D eigenvalue weighted by molar-refractivity contribution is 6.27. The van der Waals surface area contributed by atoms with Crippen molar-refractivity contribution in [3.05, 3.63) is 52.6 Å². The Labute approximate surface area is 146 Å². The lowest BCUT2D eigenvalue weighted by molar-refractivity contribution is -0.131. The third-order valence-corrected chi connectivity index (χ3v) is 5.11. The summed E-state index contributed by atoms with van der Waals surface area (Å²) in [6.07, 6.45) is 4.33. The number of nitrogens with zero attached hydrogens (tertiary/aromatic N) is 3.